The molecule has 0 aromatic carbocycles. The second kappa shape index (κ2) is 2.74. The summed E-state index contributed by atoms with van der Waals surface area (Å²) in [5, 5.41) is 2.75. The maximum atomic E-state index is 4.21. The van der Waals surface area contributed by atoms with Gasteiger partial charge >= 0.3 is 0 Å². The molecule has 0 bridgehead atoms. The van der Waals surface area contributed by atoms with Crippen LogP contribution in [0.4, 0.5) is 0 Å². The van der Waals surface area contributed by atoms with E-state index >= 15 is 0 Å². The lowest BCUT2D eigenvalue weighted by molar-refractivity contribution is 1.04. The van der Waals surface area contributed by atoms with Crippen molar-refractivity contribution in [3.05, 3.63) is 28.4 Å². The summed E-state index contributed by atoms with van der Waals surface area (Å²) < 4.78 is 0. The average molecular weight is 159 g/mol. The number of hydrogen-bond acceptors (Lipinski definition) is 1. The molecule has 0 saturated carbocycles. The van der Waals surface area contributed by atoms with Crippen LogP contribution in [0.15, 0.2) is 12.4 Å². The number of hydrogen-bond donors (Lipinski definition) is 0. The Morgan fingerprint density at radius 1 is 1.25 bits per heavy atom. The molecule has 2 rings (SSSR count). The molecule has 0 spiro atoms. The van der Waals surface area contributed by atoms with E-state index in [2.05, 4.69) is 24.9 Å². The topological polar surface area (TPSA) is 12.9 Å². The summed E-state index contributed by atoms with van der Waals surface area (Å²) in [6.07, 6.45) is 8.61. The highest BCUT2D eigenvalue weighted by molar-refractivity contribution is 5.49. The van der Waals surface area contributed by atoms with Crippen molar-refractivity contribution in [2.24, 2.45) is 0 Å². The first-order chi connectivity index (χ1) is 5.79. The Kier molecular flexibility index (Phi) is 1.72. The van der Waals surface area contributed by atoms with Crippen LogP contribution in [-0.2, 0) is 0 Å². The molecule has 1 nitrogen and oxygen atoms in total. The second-order valence-corrected chi connectivity index (χ2v) is 3.44. The van der Waals surface area contributed by atoms with Crippen molar-refractivity contribution in [3.63, 3.8) is 0 Å². The van der Waals surface area contributed by atoms with Gasteiger partial charge in [-0.2, -0.15) is 0 Å². The molecular weight excluding hydrogens is 146 g/mol. The summed E-state index contributed by atoms with van der Waals surface area (Å²) in [5.41, 5.74) is 2.77. The third-order valence-corrected chi connectivity index (χ3v) is 2.51. The highest BCUT2D eigenvalue weighted by atomic mass is 14.6. The molecule has 1 heteroatoms. The molecule has 0 atom stereocenters. The number of nitrogens with zero attached hydrogens (tertiary/aromatic N) is 1. The molecule has 0 aliphatic heterocycles. The SMILES string of the molecule is CC1=c2cncc(C)c2=CCC1. The van der Waals surface area contributed by atoms with Crippen LogP contribution in [0.25, 0.3) is 11.6 Å². The zero-order valence-electron chi connectivity index (χ0n) is 7.59. The Bertz CT molecular complexity index is 415. The molecule has 0 unspecified atom stereocenters. The number of fused-ring (bicyclic) bond motifs is 1. The summed E-state index contributed by atoms with van der Waals surface area (Å²) in [5.74, 6) is 0. The van der Waals surface area contributed by atoms with Gasteiger partial charge in [0, 0.05) is 12.4 Å². The molecule has 1 aliphatic rings. The Morgan fingerprint density at radius 3 is 2.83 bits per heavy atom. The predicted molar refractivity (Wildman–Crippen MR) is 51.0 cm³/mol. The molecule has 0 fully saturated rings. The molecule has 0 N–H and O–H groups in total. The molecule has 0 radical (unpaired) electrons. The fourth-order valence-electron chi connectivity index (χ4n) is 1.75. The van der Waals surface area contributed by atoms with Crippen LogP contribution in [0.1, 0.15) is 25.3 Å². The summed E-state index contributed by atoms with van der Waals surface area (Å²) >= 11 is 0. The monoisotopic (exact) mass is 159 g/mol. The molecule has 0 amide bonds. The molecule has 12 heavy (non-hydrogen) atoms. The highest BCUT2D eigenvalue weighted by Gasteiger charge is 2.00. The van der Waals surface area contributed by atoms with E-state index < -0.39 is 0 Å². The fraction of sp³-hybridized carbons (Fsp3) is 0.364. The van der Waals surface area contributed by atoms with Crippen LogP contribution in [0.2, 0.25) is 0 Å². The van der Waals surface area contributed by atoms with E-state index in [-0.39, 0.29) is 0 Å². The minimum Gasteiger partial charge on any atom is -0.264 e. The van der Waals surface area contributed by atoms with Gasteiger partial charge in [-0.15, -0.1) is 0 Å². The number of rotatable bonds is 0. The fourth-order valence-corrected chi connectivity index (χ4v) is 1.75. The first-order valence-electron chi connectivity index (χ1n) is 4.39. The first-order valence-corrected chi connectivity index (χ1v) is 4.39. The zero-order valence-corrected chi connectivity index (χ0v) is 7.59. The first kappa shape index (κ1) is 7.53. The summed E-state index contributed by atoms with van der Waals surface area (Å²) in [7, 11) is 0. The molecular formula is C11H13N. The smallest absolute Gasteiger partial charge is 0.0345 e. The van der Waals surface area contributed by atoms with E-state index in [1.807, 2.05) is 12.4 Å². The van der Waals surface area contributed by atoms with E-state index in [0.717, 1.165) is 0 Å². The second-order valence-electron chi connectivity index (χ2n) is 3.44. The van der Waals surface area contributed by atoms with Crippen molar-refractivity contribution >= 4 is 11.6 Å². The summed E-state index contributed by atoms with van der Waals surface area (Å²) in [4.78, 5) is 4.21. The predicted octanol–water partition coefficient (Wildman–Crippen LogP) is 1.13. The highest BCUT2D eigenvalue weighted by Crippen LogP contribution is 2.05. The van der Waals surface area contributed by atoms with Crippen molar-refractivity contribution in [1.82, 2.24) is 4.98 Å². The van der Waals surface area contributed by atoms with Gasteiger partial charge in [0.1, 0.15) is 0 Å². The molecule has 1 heterocycles. The van der Waals surface area contributed by atoms with E-state index in [4.69, 9.17) is 0 Å². The number of aryl methyl sites for hydroxylation is 1. The molecule has 0 saturated heterocycles. The van der Waals surface area contributed by atoms with Gasteiger partial charge in [0.2, 0.25) is 0 Å². The zero-order chi connectivity index (χ0) is 8.55. The Morgan fingerprint density at radius 2 is 2.08 bits per heavy atom. The average Bonchev–Trinajstić information content (AvgIpc) is 2.07. The van der Waals surface area contributed by atoms with Crippen molar-refractivity contribution < 1.29 is 0 Å². The normalized spacial score (nSPS) is 15.3. The van der Waals surface area contributed by atoms with Gasteiger partial charge in [-0.1, -0.05) is 11.6 Å². The minimum atomic E-state index is 1.18. The van der Waals surface area contributed by atoms with E-state index in [1.165, 1.54) is 34.4 Å². The summed E-state index contributed by atoms with van der Waals surface area (Å²) in [6, 6.07) is 0. The van der Waals surface area contributed by atoms with Gasteiger partial charge < -0.3 is 0 Å². The number of aromatic nitrogens is 1. The van der Waals surface area contributed by atoms with Gasteiger partial charge in [-0.3, -0.25) is 4.98 Å². The Balaban J connectivity index is 2.93. The van der Waals surface area contributed by atoms with Crippen molar-refractivity contribution in [3.8, 4) is 0 Å². The third kappa shape index (κ3) is 1.06. The van der Waals surface area contributed by atoms with E-state index in [0.29, 0.717) is 0 Å². The molecule has 1 aliphatic carbocycles. The molecule has 1 aromatic rings. The van der Waals surface area contributed by atoms with Crippen molar-refractivity contribution in [2.45, 2.75) is 26.7 Å². The van der Waals surface area contributed by atoms with Gasteiger partial charge in [-0.25, -0.2) is 0 Å². The lowest BCUT2D eigenvalue weighted by Gasteiger charge is -2.06. The minimum absolute atomic E-state index is 1.18. The standard InChI is InChI=1S/C11H13N/c1-8-4-3-5-10-9(2)6-12-7-11(8)10/h5-7H,3-4H2,1-2H3. The number of pyridine rings is 1. The quantitative estimate of drug-likeness (QED) is 0.553. The van der Waals surface area contributed by atoms with Crippen molar-refractivity contribution in [2.75, 3.05) is 0 Å². The lowest BCUT2D eigenvalue weighted by Crippen LogP contribution is -2.31. The van der Waals surface area contributed by atoms with Gasteiger partial charge in [0.05, 0.1) is 0 Å². The van der Waals surface area contributed by atoms with Gasteiger partial charge in [0.15, 0.2) is 0 Å². The van der Waals surface area contributed by atoms with Crippen LogP contribution in [-0.4, -0.2) is 4.98 Å². The Labute approximate surface area is 72.5 Å². The van der Waals surface area contributed by atoms with Gasteiger partial charge in [-0.05, 0) is 42.7 Å². The van der Waals surface area contributed by atoms with Crippen LogP contribution in [0.3, 0.4) is 0 Å². The van der Waals surface area contributed by atoms with Crippen LogP contribution < -0.4 is 10.4 Å². The lowest BCUT2D eigenvalue weighted by atomic mass is 10.0. The maximum Gasteiger partial charge on any atom is 0.0345 e. The maximum absolute atomic E-state index is 4.21. The molecule has 62 valence electrons. The Hall–Kier alpha value is -1.11. The van der Waals surface area contributed by atoms with Crippen molar-refractivity contribution in [1.29, 1.82) is 0 Å². The van der Waals surface area contributed by atoms with E-state index in [1.54, 1.807) is 0 Å². The largest absolute Gasteiger partial charge is 0.264 e. The van der Waals surface area contributed by atoms with Crippen LogP contribution in [0.5, 0.6) is 0 Å². The van der Waals surface area contributed by atoms with Gasteiger partial charge in [0.25, 0.3) is 0 Å². The third-order valence-electron chi connectivity index (χ3n) is 2.51. The molecule has 1 aromatic heterocycles. The van der Waals surface area contributed by atoms with Crippen LogP contribution in [0, 0.1) is 6.92 Å². The van der Waals surface area contributed by atoms with Crippen LogP contribution >= 0.6 is 0 Å². The summed E-state index contributed by atoms with van der Waals surface area (Å²) in [6.45, 7) is 4.33. The van der Waals surface area contributed by atoms with E-state index in [9.17, 15) is 0 Å².